The van der Waals surface area contributed by atoms with Crippen LogP contribution in [0.2, 0.25) is 0 Å². The lowest BCUT2D eigenvalue weighted by molar-refractivity contribution is 0.0636. The number of aldehydes is 1. The van der Waals surface area contributed by atoms with Crippen LogP contribution in [0.25, 0.3) is 0 Å². The lowest BCUT2D eigenvalue weighted by atomic mass is 10.0. The van der Waals surface area contributed by atoms with Crippen LogP contribution < -0.4 is 10.6 Å². The van der Waals surface area contributed by atoms with Crippen molar-refractivity contribution in [1.82, 2.24) is 0 Å². The molecule has 0 aliphatic rings. The molecule has 0 bridgehead atoms. The van der Waals surface area contributed by atoms with Gasteiger partial charge in [-0.25, -0.2) is 9.18 Å². The summed E-state index contributed by atoms with van der Waals surface area (Å²) in [5.74, 6) is -0.518. The highest BCUT2D eigenvalue weighted by molar-refractivity contribution is 5.85. The van der Waals surface area contributed by atoms with Crippen molar-refractivity contribution in [3.05, 3.63) is 58.9 Å². The Balaban J connectivity index is 2.05. The summed E-state index contributed by atoms with van der Waals surface area (Å²) in [7, 11) is 0. The molecule has 2 aromatic rings. The molecule has 0 unspecified atom stereocenters. The molecule has 0 spiro atoms. The van der Waals surface area contributed by atoms with Crippen molar-refractivity contribution in [1.29, 1.82) is 0 Å². The maximum absolute atomic E-state index is 14.3. The van der Waals surface area contributed by atoms with E-state index in [1.807, 2.05) is 0 Å². The zero-order valence-corrected chi connectivity index (χ0v) is 15.4. The summed E-state index contributed by atoms with van der Waals surface area (Å²) in [5, 5.41) is 5.74. The quantitative estimate of drug-likeness (QED) is 0.746. The third-order valence-electron chi connectivity index (χ3n) is 3.59. The zero-order valence-electron chi connectivity index (χ0n) is 15.4. The molecule has 0 atom stereocenters. The smallest absolute Gasteiger partial charge is 0.412 e. The highest BCUT2D eigenvalue weighted by Gasteiger charge is 2.16. The van der Waals surface area contributed by atoms with Gasteiger partial charge in [0.25, 0.3) is 0 Å². The molecule has 26 heavy (non-hydrogen) atoms. The van der Waals surface area contributed by atoms with Gasteiger partial charge in [-0.15, -0.1) is 0 Å². The van der Waals surface area contributed by atoms with E-state index < -0.39 is 17.5 Å². The monoisotopic (exact) mass is 358 g/mol. The van der Waals surface area contributed by atoms with Gasteiger partial charge in [-0.1, -0.05) is 18.2 Å². The van der Waals surface area contributed by atoms with E-state index in [0.717, 1.165) is 0 Å². The van der Waals surface area contributed by atoms with Crippen LogP contribution in [-0.2, 0) is 11.3 Å². The van der Waals surface area contributed by atoms with Crippen LogP contribution in [0.5, 0.6) is 0 Å². The average molecular weight is 358 g/mol. The SMILES string of the molecule is Cc1ccc(CNc2cccc(NC(=O)OC(C)(C)C)c2)c(F)c1C=O. The standard InChI is InChI=1S/C20H23FN2O3/c1-13-8-9-14(18(21)17(13)12-24)11-22-15-6-5-7-16(10-15)23-19(25)26-20(2,3)4/h5-10,12,22H,11H2,1-4H3,(H,23,25). The molecule has 2 aromatic carbocycles. The topological polar surface area (TPSA) is 67.4 Å². The van der Waals surface area contributed by atoms with Gasteiger partial charge in [0.2, 0.25) is 0 Å². The molecular weight excluding hydrogens is 335 g/mol. The van der Waals surface area contributed by atoms with E-state index in [2.05, 4.69) is 10.6 Å². The Hall–Kier alpha value is -2.89. The van der Waals surface area contributed by atoms with Gasteiger partial charge in [0.05, 0.1) is 5.56 Å². The molecule has 0 saturated carbocycles. The van der Waals surface area contributed by atoms with E-state index in [1.165, 1.54) is 0 Å². The highest BCUT2D eigenvalue weighted by Crippen LogP contribution is 2.20. The Morgan fingerprint density at radius 2 is 1.88 bits per heavy atom. The van der Waals surface area contributed by atoms with E-state index in [-0.39, 0.29) is 12.1 Å². The first-order chi connectivity index (χ1) is 12.2. The number of carbonyl (C=O) groups is 2. The summed E-state index contributed by atoms with van der Waals surface area (Å²) >= 11 is 0. The highest BCUT2D eigenvalue weighted by atomic mass is 19.1. The van der Waals surface area contributed by atoms with Crippen molar-refractivity contribution < 1.29 is 18.7 Å². The molecule has 0 aliphatic heterocycles. The number of rotatable bonds is 5. The van der Waals surface area contributed by atoms with Crippen LogP contribution in [0.4, 0.5) is 20.6 Å². The van der Waals surface area contributed by atoms with Gasteiger partial charge in [0.15, 0.2) is 6.29 Å². The number of amides is 1. The van der Waals surface area contributed by atoms with Gasteiger partial charge in [-0.3, -0.25) is 10.1 Å². The van der Waals surface area contributed by atoms with Crippen LogP contribution in [0.15, 0.2) is 36.4 Å². The summed E-state index contributed by atoms with van der Waals surface area (Å²) in [5.41, 5.74) is 1.74. The van der Waals surface area contributed by atoms with Crippen molar-refractivity contribution in [2.24, 2.45) is 0 Å². The lowest BCUT2D eigenvalue weighted by Crippen LogP contribution is -2.27. The number of halogens is 1. The minimum absolute atomic E-state index is 0.0737. The van der Waals surface area contributed by atoms with Crippen LogP contribution >= 0.6 is 0 Å². The van der Waals surface area contributed by atoms with E-state index in [1.54, 1.807) is 64.1 Å². The molecule has 0 aromatic heterocycles. The van der Waals surface area contributed by atoms with E-state index in [9.17, 15) is 14.0 Å². The molecule has 2 N–H and O–H groups in total. The van der Waals surface area contributed by atoms with Gasteiger partial charge in [0, 0.05) is 23.5 Å². The lowest BCUT2D eigenvalue weighted by Gasteiger charge is -2.19. The summed E-state index contributed by atoms with van der Waals surface area (Å²) in [6.45, 7) is 7.26. The Labute approximate surface area is 152 Å². The van der Waals surface area contributed by atoms with E-state index in [0.29, 0.717) is 28.8 Å². The van der Waals surface area contributed by atoms with Gasteiger partial charge in [0.1, 0.15) is 11.4 Å². The van der Waals surface area contributed by atoms with Gasteiger partial charge < -0.3 is 10.1 Å². The summed E-state index contributed by atoms with van der Waals surface area (Å²) in [6.07, 6.45) is -0.0191. The van der Waals surface area contributed by atoms with E-state index >= 15 is 0 Å². The Bertz CT molecular complexity index is 813. The van der Waals surface area contributed by atoms with Gasteiger partial charge in [-0.2, -0.15) is 0 Å². The third-order valence-corrected chi connectivity index (χ3v) is 3.59. The molecule has 5 nitrogen and oxygen atoms in total. The second kappa shape index (κ2) is 7.99. The Kier molecular flexibility index (Phi) is 5.97. The normalized spacial score (nSPS) is 11.0. The van der Waals surface area contributed by atoms with Crippen molar-refractivity contribution in [3.8, 4) is 0 Å². The van der Waals surface area contributed by atoms with Crippen LogP contribution in [0.3, 0.4) is 0 Å². The molecule has 0 saturated heterocycles. The minimum atomic E-state index is -0.584. The summed E-state index contributed by atoms with van der Waals surface area (Å²) in [4.78, 5) is 22.8. The second-order valence-electron chi connectivity index (χ2n) is 6.95. The molecule has 0 heterocycles. The number of carbonyl (C=O) groups excluding carboxylic acids is 2. The molecule has 138 valence electrons. The largest absolute Gasteiger partial charge is 0.444 e. The van der Waals surface area contributed by atoms with Crippen LogP contribution in [-0.4, -0.2) is 18.0 Å². The van der Waals surface area contributed by atoms with Crippen molar-refractivity contribution in [2.75, 3.05) is 10.6 Å². The van der Waals surface area contributed by atoms with Crippen LogP contribution in [0.1, 0.15) is 42.3 Å². The van der Waals surface area contributed by atoms with Crippen molar-refractivity contribution in [2.45, 2.75) is 39.8 Å². The first-order valence-electron chi connectivity index (χ1n) is 8.26. The molecule has 0 aliphatic carbocycles. The average Bonchev–Trinajstić information content (AvgIpc) is 2.53. The van der Waals surface area contributed by atoms with Gasteiger partial charge in [-0.05, 0) is 51.5 Å². The number of benzene rings is 2. The molecule has 1 amide bonds. The number of anilines is 2. The predicted octanol–water partition coefficient (Wildman–Crippen LogP) is 4.91. The number of hydrogen-bond donors (Lipinski definition) is 2. The van der Waals surface area contributed by atoms with Crippen LogP contribution in [0, 0.1) is 12.7 Å². The maximum Gasteiger partial charge on any atom is 0.412 e. The zero-order chi connectivity index (χ0) is 19.3. The predicted molar refractivity (Wildman–Crippen MR) is 100 cm³/mol. The molecule has 2 rings (SSSR count). The molecule has 0 fully saturated rings. The third kappa shape index (κ3) is 5.31. The summed E-state index contributed by atoms with van der Waals surface area (Å²) in [6, 6.07) is 10.4. The number of nitrogens with one attached hydrogen (secondary N) is 2. The Morgan fingerprint density at radius 1 is 1.19 bits per heavy atom. The molecule has 6 heteroatoms. The van der Waals surface area contributed by atoms with Crippen molar-refractivity contribution in [3.63, 3.8) is 0 Å². The first kappa shape index (κ1) is 19.4. The maximum atomic E-state index is 14.3. The first-order valence-corrected chi connectivity index (χ1v) is 8.26. The number of aryl methyl sites for hydroxylation is 1. The van der Waals surface area contributed by atoms with Gasteiger partial charge >= 0.3 is 6.09 Å². The number of hydrogen-bond acceptors (Lipinski definition) is 4. The number of ether oxygens (including phenoxy) is 1. The second-order valence-corrected chi connectivity index (χ2v) is 6.95. The Morgan fingerprint density at radius 3 is 2.54 bits per heavy atom. The fraction of sp³-hybridized carbons (Fsp3) is 0.300. The van der Waals surface area contributed by atoms with Crippen molar-refractivity contribution >= 4 is 23.8 Å². The van der Waals surface area contributed by atoms with E-state index in [4.69, 9.17) is 4.74 Å². The summed E-state index contributed by atoms with van der Waals surface area (Å²) < 4.78 is 19.5. The molecular formula is C20H23FN2O3. The minimum Gasteiger partial charge on any atom is -0.444 e. The molecule has 0 radical (unpaired) electrons. The fourth-order valence-electron chi connectivity index (χ4n) is 2.34. The fourth-order valence-corrected chi connectivity index (χ4v) is 2.34.